The maximum atomic E-state index is 12.9. The number of imidazole rings is 1. The number of aromatic nitrogens is 2. The van der Waals surface area contributed by atoms with Gasteiger partial charge in [0.05, 0.1) is 5.69 Å². The van der Waals surface area contributed by atoms with Gasteiger partial charge in [0, 0.05) is 18.3 Å². The minimum Gasteiger partial charge on any atom is -0.348 e. The summed E-state index contributed by atoms with van der Waals surface area (Å²) in [6.45, 7) is 6.59. The topological polar surface area (TPSA) is 76.0 Å². The smallest absolute Gasteiger partial charge is 0.291 e. The molecule has 26 heavy (non-hydrogen) atoms. The molecule has 1 aliphatic heterocycles. The van der Waals surface area contributed by atoms with E-state index in [2.05, 4.69) is 22.5 Å². The van der Waals surface area contributed by atoms with Gasteiger partial charge in [0.2, 0.25) is 0 Å². The normalized spacial score (nSPS) is 13.4. The zero-order valence-electron chi connectivity index (χ0n) is 15.6. The second-order valence-electron chi connectivity index (χ2n) is 6.93. The molecule has 0 fully saturated rings. The monoisotopic (exact) mass is 354 g/mol. The van der Waals surface area contributed by atoms with Gasteiger partial charge in [-0.3, -0.25) is 9.59 Å². The fraction of sp³-hybridized carbons (Fsp3) is 0.450. The Labute approximate surface area is 154 Å². The van der Waals surface area contributed by atoms with Crippen LogP contribution in [0.5, 0.6) is 0 Å². The van der Waals surface area contributed by atoms with Crippen molar-refractivity contribution in [3.8, 4) is 0 Å². The maximum Gasteiger partial charge on any atom is 0.291 e. The van der Waals surface area contributed by atoms with Crippen LogP contribution in [0, 0.1) is 0 Å². The molecule has 3 rings (SSSR count). The molecule has 6 nitrogen and oxygen atoms in total. The van der Waals surface area contributed by atoms with E-state index in [1.54, 1.807) is 0 Å². The number of nitrogens with one attached hydrogen (secondary N) is 2. The first-order chi connectivity index (χ1) is 12.5. The quantitative estimate of drug-likeness (QED) is 0.866. The zero-order valence-corrected chi connectivity index (χ0v) is 15.6. The van der Waals surface area contributed by atoms with Crippen LogP contribution in [0.2, 0.25) is 0 Å². The molecule has 1 aliphatic rings. The van der Waals surface area contributed by atoms with Gasteiger partial charge in [-0.05, 0) is 51.2 Å². The molecule has 2 amide bonds. The molecule has 0 bridgehead atoms. The third-order valence-electron chi connectivity index (χ3n) is 4.60. The molecule has 0 saturated heterocycles. The Kier molecular flexibility index (Phi) is 5.40. The van der Waals surface area contributed by atoms with Gasteiger partial charge in [-0.2, -0.15) is 0 Å². The van der Waals surface area contributed by atoms with E-state index in [1.165, 1.54) is 0 Å². The number of hydrogen-bond acceptors (Lipinski definition) is 3. The highest BCUT2D eigenvalue weighted by molar-refractivity contribution is 6.04. The van der Waals surface area contributed by atoms with Gasteiger partial charge < -0.3 is 15.2 Å². The van der Waals surface area contributed by atoms with Crippen LogP contribution in [-0.4, -0.2) is 27.4 Å². The number of carbonyl (C=O) groups is 2. The third kappa shape index (κ3) is 3.64. The van der Waals surface area contributed by atoms with Gasteiger partial charge >= 0.3 is 0 Å². The summed E-state index contributed by atoms with van der Waals surface area (Å²) in [7, 11) is 0. The molecule has 1 aromatic heterocycles. The first-order valence-corrected chi connectivity index (χ1v) is 9.30. The number of nitrogens with zero attached hydrogens (tertiary/aromatic N) is 2. The highest BCUT2D eigenvalue weighted by atomic mass is 16.2. The first-order valence-electron chi connectivity index (χ1n) is 9.30. The highest BCUT2D eigenvalue weighted by Crippen LogP contribution is 2.23. The largest absolute Gasteiger partial charge is 0.348 e. The number of benzene rings is 1. The molecule has 2 N–H and O–H groups in total. The average Bonchev–Trinajstić information content (AvgIpc) is 3.01. The molecule has 6 heteroatoms. The Hall–Kier alpha value is -2.63. The molecule has 138 valence electrons. The molecule has 0 saturated carbocycles. The number of rotatable bonds is 5. The van der Waals surface area contributed by atoms with Crippen LogP contribution in [0.25, 0.3) is 0 Å². The van der Waals surface area contributed by atoms with E-state index in [1.807, 2.05) is 42.7 Å². The van der Waals surface area contributed by atoms with Crippen molar-refractivity contribution in [3.63, 3.8) is 0 Å². The van der Waals surface area contributed by atoms with Crippen molar-refractivity contribution in [1.29, 1.82) is 0 Å². The lowest BCUT2D eigenvalue weighted by Gasteiger charge is -2.17. The van der Waals surface area contributed by atoms with Gasteiger partial charge in [0.25, 0.3) is 11.8 Å². The Morgan fingerprint density at radius 2 is 1.96 bits per heavy atom. The van der Waals surface area contributed by atoms with E-state index in [9.17, 15) is 9.59 Å². The summed E-state index contributed by atoms with van der Waals surface area (Å²) < 4.78 is 1.91. The standard InChI is InChI=1S/C20H26N4O2/c1-4-14-9-5-6-10-15(14)22-20(26)18-23-17(19(25)21-13(2)3)16-11-7-8-12-24(16)18/h5-6,9-10,13H,4,7-8,11-12H2,1-3H3,(H,21,25)(H,22,26). The maximum absolute atomic E-state index is 12.9. The van der Waals surface area contributed by atoms with E-state index >= 15 is 0 Å². The van der Waals surface area contributed by atoms with Crippen LogP contribution >= 0.6 is 0 Å². The Morgan fingerprint density at radius 1 is 1.19 bits per heavy atom. The van der Waals surface area contributed by atoms with Crippen LogP contribution in [0.3, 0.4) is 0 Å². The van der Waals surface area contributed by atoms with Gasteiger partial charge in [0.15, 0.2) is 5.82 Å². The Bertz CT molecular complexity index is 823. The van der Waals surface area contributed by atoms with Crippen molar-refractivity contribution >= 4 is 17.5 Å². The number of amides is 2. The fourth-order valence-electron chi connectivity index (χ4n) is 3.36. The fourth-order valence-corrected chi connectivity index (χ4v) is 3.36. The molecule has 0 radical (unpaired) electrons. The second-order valence-corrected chi connectivity index (χ2v) is 6.93. The minimum absolute atomic E-state index is 0.0251. The molecule has 0 unspecified atom stereocenters. The summed E-state index contributed by atoms with van der Waals surface area (Å²) in [5.74, 6) is -0.157. The summed E-state index contributed by atoms with van der Waals surface area (Å²) >= 11 is 0. The van der Waals surface area contributed by atoms with Gasteiger partial charge in [-0.1, -0.05) is 25.1 Å². The number of aryl methyl sites for hydroxylation is 1. The summed E-state index contributed by atoms with van der Waals surface area (Å²) in [6.07, 6.45) is 3.60. The van der Waals surface area contributed by atoms with Crippen LogP contribution in [-0.2, 0) is 19.4 Å². The van der Waals surface area contributed by atoms with Crippen molar-refractivity contribution in [2.24, 2.45) is 0 Å². The number of carbonyl (C=O) groups excluding carboxylic acids is 2. The predicted molar refractivity (Wildman–Crippen MR) is 102 cm³/mol. The Balaban J connectivity index is 1.93. The second kappa shape index (κ2) is 7.72. The zero-order chi connectivity index (χ0) is 18.7. The predicted octanol–water partition coefficient (Wildman–Crippen LogP) is 3.17. The van der Waals surface area contributed by atoms with E-state index < -0.39 is 0 Å². The van der Waals surface area contributed by atoms with Gasteiger partial charge in [0.1, 0.15) is 5.69 Å². The molecule has 2 heterocycles. The minimum atomic E-state index is -0.266. The molecule has 2 aromatic rings. The van der Waals surface area contributed by atoms with Crippen molar-refractivity contribution in [2.75, 3.05) is 5.32 Å². The molecule has 0 spiro atoms. The van der Waals surface area contributed by atoms with Crippen molar-refractivity contribution < 1.29 is 9.59 Å². The Morgan fingerprint density at radius 3 is 2.69 bits per heavy atom. The van der Waals surface area contributed by atoms with E-state index in [0.717, 1.165) is 49.2 Å². The lowest BCUT2D eigenvalue weighted by Crippen LogP contribution is -2.31. The lowest BCUT2D eigenvalue weighted by atomic mass is 10.1. The van der Waals surface area contributed by atoms with E-state index in [-0.39, 0.29) is 17.9 Å². The molecule has 1 aromatic carbocycles. The van der Waals surface area contributed by atoms with Gasteiger partial charge in [-0.15, -0.1) is 0 Å². The molecular weight excluding hydrogens is 328 g/mol. The van der Waals surface area contributed by atoms with Crippen LogP contribution in [0.15, 0.2) is 24.3 Å². The van der Waals surface area contributed by atoms with Crippen molar-refractivity contribution in [2.45, 2.75) is 59.0 Å². The van der Waals surface area contributed by atoms with Crippen LogP contribution < -0.4 is 10.6 Å². The SMILES string of the molecule is CCc1ccccc1NC(=O)c1nc(C(=O)NC(C)C)c2n1CCCC2. The number of para-hydroxylation sites is 1. The number of anilines is 1. The number of hydrogen-bond donors (Lipinski definition) is 2. The van der Waals surface area contributed by atoms with Crippen LogP contribution in [0.1, 0.15) is 66.0 Å². The van der Waals surface area contributed by atoms with Crippen molar-refractivity contribution in [1.82, 2.24) is 14.9 Å². The van der Waals surface area contributed by atoms with Crippen molar-refractivity contribution in [3.05, 3.63) is 47.0 Å². The lowest BCUT2D eigenvalue weighted by molar-refractivity contribution is 0.0937. The third-order valence-corrected chi connectivity index (χ3v) is 4.60. The summed E-state index contributed by atoms with van der Waals surface area (Å²) in [5, 5.41) is 5.85. The van der Waals surface area contributed by atoms with Crippen LogP contribution in [0.4, 0.5) is 5.69 Å². The first kappa shape index (κ1) is 18.2. The molecule has 0 aliphatic carbocycles. The average molecular weight is 354 g/mol. The summed E-state index contributed by atoms with van der Waals surface area (Å²) in [5.41, 5.74) is 3.11. The molecule has 0 atom stereocenters. The van der Waals surface area contributed by atoms with Gasteiger partial charge in [-0.25, -0.2) is 4.98 Å². The summed E-state index contributed by atoms with van der Waals surface area (Å²) in [4.78, 5) is 29.8. The highest BCUT2D eigenvalue weighted by Gasteiger charge is 2.27. The number of fused-ring (bicyclic) bond motifs is 1. The molecular formula is C20H26N4O2. The summed E-state index contributed by atoms with van der Waals surface area (Å²) in [6, 6.07) is 7.77. The van der Waals surface area contributed by atoms with E-state index in [0.29, 0.717) is 11.5 Å². The van der Waals surface area contributed by atoms with E-state index in [4.69, 9.17) is 0 Å².